The predicted molar refractivity (Wildman–Crippen MR) is 291 cm³/mol. The first kappa shape index (κ1) is 40.4. The molecule has 67 heavy (non-hydrogen) atoms. The van der Waals surface area contributed by atoms with E-state index >= 15 is 0 Å². The number of hydrogen-bond donors (Lipinski definition) is 0. The van der Waals surface area contributed by atoms with Gasteiger partial charge in [0.15, 0.2) is 0 Å². The van der Waals surface area contributed by atoms with Gasteiger partial charge < -0.3 is 4.57 Å². The van der Waals surface area contributed by atoms with Gasteiger partial charge in [-0.05, 0) is 62.3 Å². The Balaban J connectivity index is 1.08. The first-order valence-electron chi connectivity index (χ1n) is 23.3. The van der Waals surface area contributed by atoms with Crippen LogP contribution in [0.1, 0.15) is 0 Å². The van der Waals surface area contributed by atoms with Gasteiger partial charge in [0.25, 0.3) is 0 Å². The second-order valence-electron chi connectivity index (χ2n) is 17.5. The van der Waals surface area contributed by atoms with Crippen molar-refractivity contribution in [1.29, 1.82) is 0 Å². The fourth-order valence-corrected chi connectivity index (χ4v) is 21.0. The minimum Gasteiger partial charge on any atom is -0.309 e. The van der Waals surface area contributed by atoms with Gasteiger partial charge in [-0.2, -0.15) is 41.5 Å². The van der Waals surface area contributed by atoms with Crippen LogP contribution >= 0.6 is 0 Å². The maximum atomic E-state index is 2.55. The molecule has 11 aromatic carbocycles. The van der Waals surface area contributed by atoms with Gasteiger partial charge in [0.05, 0.1) is 11.0 Å². The molecule has 0 aliphatic carbocycles. The first-order chi connectivity index (χ1) is 33.3. The number of aromatic nitrogens is 1. The van der Waals surface area contributed by atoms with Crippen LogP contribution in [-0.2, 0) is 0 Å². The molecular formula is C64H47NSi2-2. The highest BCUT2D eigenvalue weighted by Crippen LogP contribution is 2.37. The maximum Gasteiger partial charge on any atom is 0.0547 e. The average molecular weight is 886 g/mol. The molecule has 1 nitrogen and oxygen atoms in total. The normalized spacial score (nSPS) is 11.9. The summed E-state index contributed by atoms with van der Waals surface area (Å²) in [5, 5.41) is 16.0. The van der Waals surface area contributed by atoms with Crippen LogP contribution in [0.15, 0.2) is 285 Å². The first-order valence-corrected chi connectivity index (χ1v) is 27.3. The molecule has 0 fully saturated rings. The number of rotatable bonds is 10. The summed E-state index contributed by atoms with van der Waals surface area (Å²) < 4.78 is 2.49. The summed E-state index contributed by atoms with van der Waals surface area (Å²) in [4.78, 5) is 0. The molecule has 0 unspecified atom stereocenters. The van der Waals surface area contributed by atoms with Gasteiger partial charge in [0, 0.05) is 16.5 Å². The highest BCUT2D eigenvalue weighted by atomic mass is 28.3. The van der Waals surface area contributed by atoms with E-state index in [0.29, 0.717) is 0 Å². The summed E-state index contributed by atoms with van der Waals surface area (Å²) in [5.41, 5.74) is 6.01. The molecule has 0 atom stereocenters. The molecule has 0 saturated carbocycles. The van der Waals surface area contributed by atoms with Crippen molar-refractivity contribution >= 4 is 90.2 Å². The van der Waals surface area contributed by atoms with Crippen LogP contribution in [0.25, 0.3) is 49.4 Å². The van der Waals surface area contributed by atoms with Gasteiger partial charge in [0.2, 0.25) is 0 Å². The smallest absolute Gasteiger partial charge is 0.0547 e. The monoisotopic (exact) mass is 885 g/mol. The lowest BCUT2D eigenvalue weighted by atomic mass is 10.0. The number of nitrogens with zero attached hydrogens (tertiary/aromatic N) is 1. The van der Waals surface area contributed by atoms with Gasteiger partial charge in [-0.25, -0.2) is 0 Å². The SMILES string of the molecule is c1ccc([Si-](c2ccccc2)(c2ccccc2)c2ccc3c(c2)c2c4ccccc4ccc2n3-c2ccc(-c3ccccc3[Si-](c3ccccc3)(c3ccccc3)c3ccccc3)cc2)cc1. The topological polar surface area (TPSA) is 4.93 Å². The molecule has 0 N–H and O–H groups in total. The van der Waals surface area contributed by atoms with Crippen LogP contribution in [-0.4, -0.2) is 20.7 Å². The number of benzene rings is 11. The summed E-state index contributed by atoms with van der Waals surface area (Å²) >= 11 is 0. The fraction of sp³-hybridized carbons (Fsp3) is 0. The van der Waals surface area contributed by atoms with Crippen LogP contribution in [0.2, 0.25) is 0 Å². The molecule has 0 bridgehead atoms. The zero-order chi connectivity index (χ0) is 44.6. The zero-order valence-corrected chi connectivity index (χ0v) is 39.1. The van der Waals surface area contributed by atoms with Gasteiger partial charge in [0.1, 0.15) is 0 Å². The van der Waals surface area contributed by atoms with E-state index in [1.807, 2.05) is 0 Å². The summed E-state index contributed by atoms with van der Waals surface area (Å²) in [6, 6.07) is 107. The molecule has 1 aromatic heterocycles. The van der Waals surface area contributed by atoms with Crippen molar-refractivity contribution in [2.45, 2.75) is 0 Å². The van der Waals surface area contributed by atoms with Crippen LogP contribution in [0, 0.1) is 0 Å². The van der Waals surface area contributed by atoms with Crippen molar-refractivity contribution < 1.29 is 0 Å². The van der Waals surface area contributed by atoms with Crippen LogP contribution in [0.5, 0.6) is 0 Å². The minimum absolute atomic E-state index is 1.14. The summed E-state index contributed by atoms with van der Waals surface area (Å²) in [5.74, 6) is 0. The van der Waals surface area contributed by atoms with Crippen molar-refractivity contribution in [1.82, 2.24) is 4.57 Å². The van der Waals surface area contributed by atoms with E-state index in [0.717, 1.165) is 5.69 Å². The Kier molecular flexibility index (Phi) is 10.3. The third-order valence-electron chi connectivity index (χ3n) is 14.1. The van der Waals surface area contributed by atoms with Crippen LogP contribution < -0.4 is 41.5 Å². The standard InChI is InChI=1S/C64H47NSi2/c1-7-24-51(25-8-1)66(52-26-9-2-10-27-52,53-28-11-3-12-29-53)57-44-46-61-60(47-57)64-59-37-20-19-23-48(59)41-45-62(64)65(61)50-42-39-49(40-43-50)58-36-21-22-38-63(58)67(54-30-13-4-14-31-54,55-32-15-5-16-33-55)56-34-17-6-18-35-56/h1-47H/q-2. The van der Waals surface area contributed by atoms with E-state index in [-0.39, 0.29) is 0 Å². The molecule has 0 aliphatic rings. The van der Waals surface area contributed by atoms with Crippen molar-refractivity contribution in [3.63, 3.8) is 0 Å². The molecule has 318 valence electrons. The summed E-state index contributed by atoms with van der Waals surface area (Å²) in [6.07, 6.45) is 0. The van der Waals surface area contributed by atoms with Crippen molar-refractivity contribution in [2.75, 3.05) is 0 Å². The Bertz CT molecular complexity index is 3450. The fourth-order valence-electron chi connectivity index (χ4n) is 11.2. The Hall–Kier alpha value is -8.09. The molecule has 1 heterocycles. The number of fused-ring (bicyclic) bond motifs is 5. The molecule has 0 amide bonds. The van der Waals surface area contributed by atoms with Crippen molar-refractivity contribution in [2.24, 2.45) is 0 Å². The van der Waals surface area contributed by atoms with Gasteiger partial charge in [-0.1, -0.05) is 261 Å². The van der Waals surface area contributed by atoms with Crippen molar-refractivity contribution in [3.8, 4) is 16.8 Å². The van der Waals surface area contributed by atoms with Crippen LogP contribution in [0.4, 0.5) is 0 Å². The Morgan fingerprint density at radius 2 is 0.687 bits per heavy atom. The molecule has 0 spiro atoms. The van der Waals surface area contributed by atoms with E-state index in [4.69, 9.17) is 0 Å². The van der Waals surface area contributed by atoms with E-state index in [1.54, 1.807) is 0 Å². The predicted octanol–water partition coefficient (Wildman–Crippen LogP) is 10.4. The second-order valence-corrected chi connectivity index (χ2v) is 25.1. The highest BCUT2D eigenvalue weighted by molar-refractivity contribution is 7.21. The largest absolute Gasteiger partial charge is 0.309 e. The lowest BCUT2D eigenvalue weighted by Gasteiger charge is -2.48. The van der Waals surface area contributed by atoms with E-state index in [9.17, 15) is 0 Å². The Morgan fingerprint density at radius 3 is 1.19 bits per heavy atom. The van der Waals surface area contributed by atoms with E-state index < -0.39 is 16.1 Å². The Labute approximate surface area is 394 Å². The second kappa shape index (κ2) is 17.0. The molecule has 12 rings (SSSR count). The maximum absolute atomic E-state index is 2.79. The number of hydrogen-bond acceptors (Lipinski definition) is 0. The summed E-state index contributed by atoms with van der Waals surface area (Å²) in [7, 11) is -5.58. The molecular weight excluding hydrogens is 839 g/mol. The van der Waals surface area contributed by atoms with Crippen molar-refractivity contribution in [3.05, 3.63) is 285 Å². The molecule has 0 radical (unpaired) electrons. The minimum atomic E-state index is -2.79. The zero-order valence-electron chi connectivity index (χ0n) is 37.1. The third-order valence-corrected chi connectivity index (χ3v) is 23.7. The molecule has 0 saturated heterocycles. The van der Waals surface area contributed by atoms with E-state index in [1.165, 1.54) is 85.2 Å². The average Bonchev–Trinajstić information content (AvgIpc) is 3.75. The highest BCUT2D eigenvalue weighted by Gasteiger charge is 2.31. The lowest BCUT2D eigenvalue weighted by molar-refractivity contribution is 1.18. The van der Waals surface area contributed by atoms with Crippen LogP contribution in [0.3, 0.4) is 0 Å². The quantitative estimate of drug-likeness (QED) is 0.0953. The van der Waals surface area contributed by atoms with Gasteiger partial charge >= 0.3 is 0 Å². The molecule has 0 aliphatic heterocycles. The van der Waals surface area contributed by atoms with E-state index in [2.05, 4.69) is 290 Å². The Morgan fingerprint density at radius 1 is 0.269 bits per heavy atom. The molecule has 12 aromatic rings. The van der Waals surface area contributed by atoms with Gasteiger partial charge in [-0.15, -0.1) is 0 Å². The lowest BCUT2D eigenvalue weighted by Crippen LogP contribution is -2.75. The third kappa shape index (κ3) is 6.58. The molecule has 3 heteroatoms. The summed E-state index contributed by atoms with van der Waals surface area (Å²) in [6.45, 7) is 0. The van der Waals surface area contributed by atoms with Gasteiger partial charge in [-0.3, -0.25) is 0 Å².